The Hall–Kier alpha value is -3.07. The molecule has 33 heavy (non-hydrogen) atoms. The molecule has 0 saturated carbocycles. The molecule has 3 aromatic carbocycles. The molecular formula is C30H37NO2. The van der Waals surface area contributed by atoms with E-state index in [4.69, 9.17) is 4.74 Å². The van der Waals surface area contributed by atoms with Gasteiger partial charge in [-0.1, -0.05) is 66.6 Å². The second-order valence-electron chi connectivity index (χ2n) is 9.02. The predicted octanol–water partition coefficient (Wildman–Crippen LogP) is 6.94. The predicted molar refractivity (Wildman–Crippen MR) is 137 cm³/mol. The van der Waals surface area contributed by atoms with Gasteiger partial charge in [0.05, 0.1) is 12.6 Å². The number of aryl methyl sites for hydroxylation is 4. The first-order valence-electron chi connectivity index (χ1n) is 12.0. The molecule has 0 aliphatic carbocycles. The number of hydrogen-bond acceptors (Lipinski definition) is 2. The number of unbranched alkanes of at least 4 members (excludes halogenated alkanes) is 1. The average Bonchev–Trinajstić information content (AvgIpc) is 2.78. The molecule has 0 aliphatic heterocycles. The minimum atomic E-state index is -0.141. The highest BCUT2D eigenvalue weighted by molar-refractivity contribution is 5.77. The van der Waals surface area contributed by atoms with E-state index in [2.05, 4.69) is 101 Å². The largest absolute Gasteiger partial charge is 0.494 e. The molecule has 0 heterocycles. The van der Waals surface area contributed by atoms with Crippen LogP contribution in [-0.4, -0.2) is 12.5 Å². The van der Waals surface area contributed by atoms with Gasteiger partial charge >= 0.3 is 0 Å². The molecule has 0 fully saturated rings. The van der Waals surface area contributed by atoms with Crippen LogP contribution < -0.4 is 10.1 Å². The fraction of sp³-hybridized carbons (Fsp3) is 0.367. The maximum absolute atomic E-state index is 12.8. The Bertz CT molecular complexity index is 983. The Morgan fingerprint density at radius 1 is 0.818 bits per heavy atom. The summed E-state index contributed by atoms with van der Waals surface area (Å²) in [7, 11) is 0. The quantitative estimate of drug-likeness (QED) is 0.345. The van der Waals surface area contributed by atoms with Crippen LogP contribution in [0.25, 0.3) is 0 Å². The zero-order valence-corrected chi connectivity index (χ0v) is 20.7. The third kappa shape index (κ3) is 6.95. The molecule has 1 N–H and O–H groups in total. The molecule has 3 heteroatoms. The van der Waals surface area contributed by atoms with Gasteiger partial charge in [0.25, 0.3) is 0 Å². The molecule has 0 saturated heterocycles. The van der Waals surface area contributed by atoms with Crippen LogP contribution in [0.3, 0.4) is 0 Å². The van der Waals surface area contributed by atoms with Gasteiger partial charge in [-0.3, -0.25) is 4.79 Å². The van der Waals surface area contributed by atoms with Crippen LogP contribution in [0.15, 0.2) is 60.7 Å². The minimum Gasteiger partial charge on any atom is -0.494 e. The summed E-state index contributed by atoms with van der Waals surface area (Å²) in [6.07, 6.45) is 3.18. The van der Waals surface area contributed by atoms with Crippen molar-refractivity contribution < 1.29 is 9.53 Å². The number of carbonyl (C=O) groups excluding carboxylic acids is 1. The number of hydrogen-bond donors (Lipinski definition) is 1. The SMILES string of the molecule is CCc1c(C)cc(OCCCCC(=O)NC(c2ccc(C)cc2)c2ccc(C)cc2)cc1C. The zero-order chi connectivity index (χ0) is 23.8. The Kier molecular flexibility index (Phi) is 8.71. The summed E-state index contributed by atoms with van der Waals surface area (Å²) in [6, 6.07) is 20.9. The molecule has 3 rings (SSSR count). The molecule has 0 unspecified atom stereocenters. The van der Waals surface area contributed by atoms with E-state index in [1.54, 1.807) is 0 Å². The smallest absolute Gasteiger partial charge is 0.220 e. The maximum atomic E-state index is 12.8. The second-order valence-corrected chi connectivity index (χ2v) is 9.02. The number of rotatable bonds is 10. The summed E-state index contributed by atoms with van der Waals surface area (Å²) in [5, 5.41) is 3.24. The molecule has 0 radical (unpaired) electrons. The van der Waals surface area contributed by atoms with E-state index < -0.39 is 0 Å². The van der Waals surface area contributed by atoms with Crippen LogP contribution in [0.1, 0.15) is 71.2 Å². The van der Waals surface area contributed by atoms with Crippen molar-refractivity contribution in [2.75, 3.05) is 6.61 Å². The van der Waals surface area contributed by atoms with Crippen LogP contribution in [0.2, 0.25) is 0 Å². The third-order valence-corrected chi connectivity index (χ3v) is 6.22. The van der Waals surface area contributed by atoms with E-state index in [-0.39, 0.29) is 11.9 Å². The van der Waals surface area contributed by atoms with E-state index in [0.717, 1.165) is 36.1 Å². The minimum absolute atomic E-state index is 0.0696. The molecule has 0 aromatic heterocycles. The first-order valence-corrected chi connectivity index (χ1v) is 12.0. The highest BCUT2D eigenvalue weighted by Gasteiger charge is 2.16. The molecule has 0 atom stereocenters. The fourth-order valence-electron chi connectivity index (χ4n) is 4.28. The Balaban J connectivity index is 1.53. The number of benzene rings is 3. The van der Waals surface area contributed by atoms with Gasteiger partial charge in [0.15, 0.2) is 0 Å². The van der Waals surface area contributed by atoms with Gasteiger partial charge in [-0.05, 0) is 86.9 Å². The number of ether oxygens (including phenoxy) is 1. The number of amides is 1. The number of carbonyl (C=O) groups is 1. The fourth-order valence-corrected chi connectivity index (χ4v) is 4.28. The van der Waals surface area contributed by atoms with Crippen LogP contribution in [0.5, 0.6) is 5.75 Å². The van der Waals surface area contributed by atoms with Crippen molar-refractivity contribution in [2.45, 2.75) is 66.3 Å². The van der Waals surface area contributed by atoms with Gasteiger partial charge < -0.3 is 10.1 Å². The van der Waals surface area contributed by atoms with Crippen molar-refractivity contribution >= 4 is 5.91 Å². The summed E-state index contributed by atoms with van der Waals surface area (Å²) < 4.78 is 5.96. The molecule has 174 valence electrons. The normalized spacial score (nSPS) is 11.0. The van der Waals surface area contributed by atoms with Gasteiger partial charge in [-0.2, -0.15) is 0 Å². The summed E-state index contributed by atoms with van der Waals surface area (Å²) in [6.45, 7) is 11.2. The zero-order valence-electron chi connectivity index (χ0n) is 20.7. The second kappa shape index (κ2) is 11.7. The molecule has 3 nitrogen and oxygen atoms in total. The van der Waals surface area contributed by atoms with Gasteiger partial charge in [0.1, 0.15) is 5.75 Å². The van der Waals surface area contributed by atoms with Crippen molar-refractivity contribution in [3.8, 4) is 5.75 Å². The molecule has 0 bridgehead atoms. The van der Waals surface area contributed by atoms with Crippen LogP contribution in [0.4, 0.5) is 0 Å². The Morgan fingerprint density at radius 2 is 1.33 bits per heavy atom. The summed E-state index contributed by atoms with van der Waals surface area (Å²) in [5.41, 5.74) is 8.58. The average molecular weight is 444 g/mol. The molecule has 3 aromatic rings. The highest BCUT2D eigenvalue weighted by Crippen LogP contribution is 2.24. The summed E-state index contributed by atoms with van der Waals surface area (Å²) in [4.78, 5) is 12.8. The first-order chi connectivity index (χ1) is 15.9. The molecule has 1 amide bonds. The van der Waals surface area contributed by atoms with Gasteiger partial charge in [0, 0.05) is 6.42 Å². The van der Waals surface area contributed by atoms with E-state index in [0.29, 0.717) is 13.0 Å². The lowest BCUT2D eigenvalue weighted by Gasteiger charge is -2.20. The topological polar surface area (TPSA) is 38.3 Å². The summed E-state index contributed by atoms with van der Waals surface area (Å²) in [5.74, 6) is 0.991. The van der Waals surface area contributed by atoms with Crippen molar-refractivity contribution in [3.63, 3.8) is 0 Å². The standard InChI is InChI=1S/C30H37NO2/c1-6-28-23(4)19-27(20-24(28)5)33-18-8-7-9-29(32)31-30(25-14-10-21(2)11-15-25)26-16-12-22(3)13-17-26/h10-17,19-20,30H,6-9,18H2,1-5H3,(H,31,32). The van der Waals surface area contributed by atoms with Gasteiger partial charge in [0.2, 0.25) is 5.91 Å². The van der Waals surface area contributed by atoms with E-state index in [9.17, 15) is 4.79 Å². The molecule has 0 aliphatic rings. The first kappa shape index (κ1) is 24.6. The van der Waals surface area contributed by atoms with E-state index >= 15 is 0 Å². The van der Waals surface area contributed by atoms with Crippen LogP contribution >= 0.6 is 0 Å². The highest BCUT2D eigenvalue weighted by atomic mass is 16.5. The summed E-state index contributed by atoms with van der Waals surface area (Å²) >= 11 is 0. The van der Waals surface area contributed by atoms with Gasteiger partial charge in [-0.15, -0.1) is 0 Å². The van der Waals surface area contributed by atoms with Crippen molar-refractivity contribution in [2.24, 2.45) is 0 Å². The molecular weight excluding hydrogens is 406 g/mol. The van der Waals surface area contributed by atoms with E-state index in [1.807, 2.05) is 0 Å². The van der Waals surface area contributed by atoms with Crippen molar-refractivity contribution in [3.05, 3.63) is 99.6 Å². The van der Waals surface area contributed by atoms with Crippen LogP contribution in [0, 0.1) is 27.7 Å². The Labute approximate surface area is 199 Å². The van der Waals surface area contributed by atoms with Crippen molar-refractivity contribution in [1.29, 1.82) is 0 Å². The third-order valence-electron chi connectivity index (χ3n) is 6.22. The van der Waals surface area contributed by atoms with Crippen LogP contribution in [-0.2, 0) is 11.2 Å². The monoisotopic (exact) mass is 443 g/mol. The maximum Gasteiger partial charge on any atom is 0.220 e. The lowest BCUT2D eigenvalue weighted by atomic mass is 9.96. The lowest BCUT2D eigenvalue weighted by molar-refractivity contribution is -0.121. The lowest BCUT2D eigenvalue weighted by Crippen LogP contribution is -2.29. The number of nitrogens with one attached hydrogen (secondary N) is 1. The van der Waals surface area contributed by atoms with Gasteiger partial charge in [-0.25, -0.2) is 0 Å². The van der Waals surface area contributed by atoms with E-state index in [1.165, 1.54) is 27.8 Å². The molecule has 0 spiro atoms. The Morgan fingerprint density at radius 3 is 1.82 bits per heavy atom. The van der Waals surface area contributed by atoms with Crippen molar-refractivity contribution in [1.82, 2.24) is 5.32 Å².